The second-order valence-electron chi connectivity index (χ2n) is 3.34. The fourth-order valence-corrected chi connectivity index (χ4v) is 1.84. The van der Waals surface area contributed by atoms with E-state index < -0.39 is 0 Å². The van der Waals surface area contributed by atoms with Crippen LogP contribution in [0.3, 0.4) is 0 Å². The van der Waals surface area contributed by atoms with Crippen molar-refractivity contribution in [3.8, 4) is 0 Å². The van der Waals surface area contributed by atoms with Crippen LogP contribution in [0.2, 0.25) is 0 Å². The molecule has 1 aliphatic heterocycles. The summed E-state index contributed by atoms with van der Waals surface area (Å²) < 4.78 is 2.30. The van der Waals surface area contributed by atoms with E-state index in [1.165, 1.54) is 17.9 Å². The van der Waals surface area contributed by atoms with E-state index in [9.17, 15) is 0 Å². The first-order chi connectivity index (χ1) is 6.33. The summed E-state index contributed by atoms with van der Waals surface area (Å²) >= 11 is 0. The molecule has 0 saturated carbocycles. The molecule has 1 N–H and O–H groups in total. The van der Waals surface area contributed by atoms with E-state index in [-0.39, 0.29) is 0 Å². The summed E-state index contributed by atoms with van der Waals surface area (Å²) in [5, 5.41) is 0. The van der Waals surface area contributed by atoms with Crippen LogP contribution in [-0.2, 0) is 24.3 Å². The third-order valence-electron chi connectivity index (χ3n) is 2.56. The van der Waals surface area contributed by atoms with Crippen LogP contribution < -0.4 is 5.48 Å². The van der Waals surface area contributed by atoms with Crippen molar-refractivity contribution < 1.29 is 4.84 Å². The van der Waals surface area contributed by atoms with E-state index in [2.05, 4.69) is 22.0 Å². The number of fused-ring (bicyclic) bond motifs is 1. The van der Waals surface area contributed by atoms with Crippen LogP contribution in [0.25, 0.3) is 0 Å². The van der Waals surface area contributed by atoms with E-state index >= 15 is 0 Å². The summed E-state index contributed by atoms with van der Waals surface area (Å²) in [6.45, 7) is 3.94. The molecule has 1 aromatic heterocycles. The largest absolute Gasteiger partial charge is 0.332 e. The number of aryl methyl sites for hydroxylation is 1. The number of imidazole rings is 1. The molecule has 0 fully saturated rings. The summed E-state index contributed by atoms with van der Waals surface area (Å²) in [5.74, 6) is 1.23. The van der Waals surface area contributed by atoms with Gasteiger partial charge in [-0.15, -0.1) is 0 Å². The summed E-state index contributed by atoms with van der Waals surface area (Å²) in [5.41, 5.74) is 5.20. The highest BCUT2D eigenvalue weighted by Gasteiger charge is 2.17. The Balaban J connectivity index is 2.18. The van der Waals surface area contributed by atoms with Crippen LogP contribution >= 0.6 is 0 Å². The van der Waals surface area contributed by atoms with E-state index in [0.717, 1.165) is 18.7 Å². The van der Waals surface area contributed by atoms with Crippen molar-refractivity contribution in [3.05, 3.63) is 17.2 Å². The van der Waals surface area contributed by atoms with Gasteiger partial charge in [-0.05, 0) is 13.3 Å². The Morgan fingerprint density at radius 3 is 3.15 bits per heavy atom. The van der Waals surface area contributed by atoms with Crippen LogP contribution in [0.15, 0.2) is 0 Å². The molecule has 0 aromatic carbocycles. The van der Waals surface area contributed by atoms with Gasteiger partial charge >= 0.3 is 0 Å². The standard InChI is InChI=1S/C9H15N3O/c1-7-8(6-10-13-2)11-9-4-3-5-12(7)9/h10H,3-6H2,1-2H3. The first-order valence-electron chi connectivity index (χ1n) is 4.63. The lowest BCUT2D eigenvalue weighted by atomic mass is 10.3. The summed E-state index contributed by atoms with van der Waals surface area (Å²) in [6.07, 6.45) is 2.36. The maximum absolute atomic E-state index is 4.80. The molecule has 13 heavy (non-hydrogen) atoms. The topological polar surface area (TPSA) is 39.1 Å². The maximum atomic E-state index is 4.80. The van der Waals surface area contributed by atoms with Crippen molar-refractivity contribution in [1.82, 2.24) is 15.0 Å². The number of hydrogen-bond donors (Lipinski definition) is 1. The Bertz CT molecular complexity index is 306. The average molecular weight is 181 g/mol. The van der Waals surface area contributed by atoms with Gasteiger partial charge in [0.15, 0.2) is 0 Å². The van der Waals surface area contributed by atoms with Gasteiger partial charge in [-0.25, -0.2) is 4.98 Å². The highest BCUT2D eigenvalue weighted by atomic mass is 16.6. The normalized spacial score (nSPS) is 14.9. The Labute approximate surface area is 77.9 Å². The molecule has 1 aliphatic rings. The lowest BCUT2D eigenvalue weighted by Gasteiger charge is -2.02. The van der Waals surface area contributed by atoms with Crippen molar-refractivity contribution in [1.29, 1.82) is 0 Å². The SMILES string of the molecule is CONCc1nc2n(c1C)CCC2. The highest BCUT2D eigenvalue weighted by molar-refractivity contribution is 5.17. The monoisotopic (exact) mass is 181 g/mol. The zero-order chi connectivity index (χ0) is 9.26. The second kappa shape index (κ2) is 3.47. The van der Waals surface area contributed by atoms with Crippen molar-refractivity contribution in [2.45, 2.75) is 32.9 Å². The molecule has 2 heterocycles. The number of aromatic nitrogens is 2. The minimum absolute atomic E-state index is 0.697. The molecule has 4 nitrogen and oxygen atoms in total. The third-order valence-corrected chi connectivity index (χ3v) is 2.56. The van der Waals surface area contributed by atoms with Crippen LogP contribution in [0.5, 0.6) is 0 Å². The van der Waals surface area contributed by atoms with Crippen LogP contribution in [0, 0.1) is 6.92 Å². The zero-order valence-electron chi connectivity index (χ0n) is 8.13. The fraction of sp³-hybridized carbons (Fsp3) is 0.667. The number of nitrogens with zero attached hydrogens (tertiary/aromatic N) is 2. The quantitative estimate of drug-likeness (QED) is 0.701. The number of rotatable bonds is 3. The molecule has 0 radical (unpaired) electrons. The molecule has 0 atom stereocenters. The Kier molecular flexibility index (Phi) is 2.33. The fourth-order valence-electron chi connectivity index (χ4n) is 1.84. The van der Waals surface area contributed by atoms with Crippen LogP contribution in [0.4, 0.5) is 0 Å². The number of hydroxylamine groups is 1. The molecule has 0 aliphatic carbocycles. The van der Waals surface area contributed by atoms with Gasteiger partial charge in [-0.3, -0.25) is 0 Å². The average Bonchev–Trinajstić information content (AvgIpc) is 2.67. The third kappa shape index (κ3) is 1.47. The van der Waals surface area contributed by atoms with Gasteiger partial charge in [0.25, 0.3) is 0 Å². The van der Waals surface area contributed by atoms with Gasteiger partial charge in [-0.2, -0.15) is 5.48 Å². The molecule has 0 bridgehead atoms. The Hall–Kier alpha value is -0.870. The van der Waals surface area contributed by atoms with Crippen molar-refractivity contribution in [2.75, 3.05) is 7.11 Å². The Morgan fingerprint density at radius 2 is 2.46 bits per heavy atom. The molecule has 0 spiro atoms. The van der Waals surface area contributed by atoms with Gasteiger partial charge in [0.2, 0.25) is 0 Å². The van der Waals surface area contributed by atoms with Gasteiger partial charge < -0.3 is 9.40 Å². The van der Waals surface area contributed by atoms with Gasteiger partial charge in [0.05, 0.1) is 19.3 Å². The molecule has 1 aromatic rings. The van der Waals surface area contributed by atoms with Gasteiger partial charge in [0.1, 0.15) is 5.82 Å². The van der Waals surface area contributed by atoms with Gasteiger partial charge in [0, 0.05) is 18.7 Å². The zero-order valence-corrected chi connectivity index (χ0v) is 8.13. The Morgan fingerprint density at radius 1 is 1.62 bits per heavy atom. The van der Waals surface area contributed by atoms with E-state index in [1.807, 2.05) is 0 Å². The second-order valence-corrected chi connectivity index (χ2v) is 3.34. The summed E-state index contributed by atoms with van der Waals surface area (Å²) in [6, 6.07) is 0. The first kappa shape index (κ1) is 8.72. The lowest BCUT2D eigenvalue weighted by molar-refractivity contribution is 0.0857. The number of nitrogens with one attached hydrogen (secondary N) is 1. The molecule has 4 heteroatoms. The maximum Gasteiger partial charge on any atom is 0.109 e. The molecule has 0 saturated heterocycles. The van der Waals surface area contributed by atoms with Crippen LogP contribution in [0.1, 0.15) is 23.6 Å². The van der Waals surface area contributed by atoms with E-state index in [0.29, 0.717) is 6.54 Å². The summed E-state index contributed by atoms with van der Waals surface area (Å²) in [4.78, 5) is 9.35. The van der Waals surface area contributed by atoms with E-state index in [1.54, 1.807) is 7.11 Å². The first-order valence-corrected chi connectivity index (χ1v) is 4.63. The minimum Gasteiger partial charge on any atom is -0.332 e. The number of hydrogen-bond acceptors (Lipinski definition) is 3. The minimum atomic E-state index is 0.697. The predicted octanol–water partition coefficient (Wildman–Crippen LogP) is 0.789. The van der Waals surface area contributed by atoms with Crippen molar-refractivity contribution in [3.63, 3.8) is 0 Å². The van der Waals surface area contributed by atoms with Crippen molar-refractivity contribution in [2.24, 2.45) is 0 Å². The lowest BCUT2D eigenvalue weighted by Crippen LogP contribution is -2.12. The molecule has 0 unspecified atom stereocenters. The molecular formula is C9H15N3O. The molecule has 2 rings (SSSR count). The van der Waals surface area contributed by atoms with E-state index in [4.69, 9.17) is 4.84 Å². The molecule has 0 amide bonds. The van der Waals surface area contributed by atoms with Crippen LogP contribution in [-0.4, -0.2) is 16.7 Å². The highest BCUT2D eigenvalue weighted by Crippen LogP contribution is 2.18. The van der Waals surface area contributed by atoms with Gasteiger partial charge in [-0.1, -0.05) is 0 Å². The molecular weight excluding hydrogens is 166 g/mol. The van der Waals surface area contributed by atoms with Crippen molar-refractivity contribution >= 4 is 0 Å². The predicted molar refractivity (Wildman–Crippen MR) is 49.1 cm³/mol. The molecule has 72 valence electrons. The smallest absolute Gasteiger partial charge is 0.109 e. The summed E-state index contributed by atoms with van der Waals surface area (Å²) in [7, 11) is 1.62.